The molecular formula is C29H29N5O4S. The molecule has 0 unspecified atom stereocenters. The molecule has 0 aliphatic carbocycles. The number of nitrogens with zero attached hydrogens (tertiary/aromatic N) is 3. The minimum absolute atomic E-state index is 0.0848. The summed E-state index contributed by atoms with van der Waals surface area (Å²) in [5.41, 5.74) is 3.86. The van der Waals surface area contributed by atoms with E-state index in [2.05, 4.69) is 20.5 Å². The Morgan fingerprint density at radius 1 is 0.949 bits per heavy atom. The van der Waals surface area contributed by atoms with Gasteiger partial charge in [-0.15, -0.1) is 10.2 Å². The first-order valence-corrected chi connectivity index (χ1v) is 13.4. The molecule has 0 fully saturated rings. The number of fused-ring (bicyclic) bond motifs is 1. The highest BCUT2D eigenvalue weighted by Crippen LogP contribution is 2.33. The molecule has 3 aromatic carbocycles. The Labute approximate surface area is 230 Å². The number of aromatic amines is 1. The Morgan fingerprint density at radius 3 is 2.51 bits per heavy atom. The van der Waals surface area contributed by atoms with Gasteiger partial charge in [-0.05, 0) is 54.4 Å². The molecule has 1 amide bonds. The molecule has 0 aliphatic rings. The second kappa shape index (κ2) is 12.0. The van der Waals surface area contributed by atoms with Gasteiger partial charge in [-0.3, -0.25) is 9.36 Å². The van der Waals surface area contributed by atoms with Gasteiger partial charge in [0.15, 0.2) is 22.5 Å². The Hall–Kier alpha value is -4.44. The van der Waals surface area contributed by atoms with E-state index in [0.717, 1.165) is 33.5 Å². The average molecular weight is 544 g/mol. The van der Waals surface area contributed by atoms with Gasteiger partial charge in [0.05, 0.1) is 27.1 Å². The molecule has 0 spiro atoms. The summed E-state index contributed by atoms with van der Waals surface area (Å²) in [6.45, 7) is 0.501. The number of methoxy groups -OCH3 is 3. The zero-order chi connectivity index (χ0) is 27.2. The fourth-order valence-electron chi connectivity index (χ4n) is 4.32. The maximum absolute atomic E-state index is 12.7. The van der Waals surface area contributed by atoms with Gasteiger partial charge in [-0.2, -0.15) is 0 Å². The highest BCUT2D eigenvalue weighted by molar-refractivity contribution is 7.99. The molecule has 2 aromatic heterocycles. The largest absolute Gasteiger partial charge is 0.497 e. The molecule has 0 saturated heterocycles. The van der Waals surface area contributed by atoms with Gasteiger partial charge in [0, 0.05) is 34.9 Å². The minimum atomic E-state index is -0.0848. The molecule has 10 heteroatoms. The van der Waals surface area contributed by atoms with Gasteiger partial charge in [0.2, 0.25) is 5.91 Å². The Kier molecular flexibility index (Phi) is 8.02. The smallest absolute Gasteiger partial charge is 0.230 e. The van der Waals surface area contributed by atoms with Crippen LogP contribution in [0.3, 0.4) is 0 Å². The first-order chi connectivity index (χ1) is 19.1. The van der Waals surface area contributed by atoms with Crippen molar-refractivity contribution in [2.45, 2.75) is 11.6 Å². The third-order valence-corrected chi connectivity index (χ3v) is 7.24. The number of aromatic nitrogens is 4. The Morgan fingerprint density at radius 2 is 1.74 bits per heavy atom. The number of carbonyl (C=O) groups is 1. The molecular weight excluding hydrogens is 514 g/mol. The van der Waals surface area contributed by atoms with Gasteiger partial charge >= 0.3 is 0 Å². The summed E-state index contributed by atoms with van der Waals surface area (Å²) in [5.74, 6) is 2.90. The van der Waals surface area contributed by atoms with Crippen LogP contribution < -0.4 is 19.5 Å². The number of hydrogen-bond donors (Lipinski definition) is 2. The summed E-state index contributed by atoms with van der Waals surface area (Å²) in [7, 11) is 4.85. The number of benzene rings is 3. The van der Waals surface area contributed by atoms with Crippen molar-refractivity contribution in [3.63, 3.8) is 0 Å². The SMILES string of the molecule is COc1ccc(-n2c(SCC(=O)NCCc3ccc(OC)c(OC)c3)nnc2-c2c[nH]c3ccccc23)cc1. The van der Waals surface area contributed by atoms with Crippen molar-refractivity contribution in [3.8, 4) is 34.3 Å². The van der Waals surface area contributed by atoms with Gasteiger partial charge < -0.3 is 24.5 Å². The van der Waals surface area contributed by atoms with Crippen LogP contribution in [0.5, 0.6) is 17.2 Å². The topological polar surface area (TPSA) is 103 Å². The Balaban J connectivity index is 1.31. The highest BCUT2D eigenvalue weighted by atomic mass is 32.2. The van der Waals surface area contributed by atoms with Crippen LogP contribution in [0.1, 0.15) is 5.56 Å². The van der Waals surface area contributed by atoms with Gasteiger partial charge in [-0.1, -0.05) is 36.0 Å². The standard InChI is InChI=1S/C29H29N5O4S/c1-36-21-11-9-20(10-12-21)34-28(23-17-31-24-7-5-4-6-22(23)24)32-33-29(34)39-18-27(35)30-15-14-19-8-13-25(37-2)26(16-19)38-3/h4-13,16-17,31H,14-15,18H2,1-3H3,(H,30,35). The molecule has 9 nitrogen and oxygen atoms in total. The summed E-state index contributed by atoms with van der Waals surface area (Å²) in [6.07, 6.45) is 2.60. The lowest BCUT2D eigenvalue weighted by Gasteiger charge is -2.11. The number of carbonyl (C=O) groups excluding carboxylic acids is 1. The van der Waals surface area contributed by atoms with Crippen LogP contribution in [0.15, 0.2) is 78.1 Å². The van der Waals surface area contributed by atoms with Crippen LogP contribution in [-0.2, 0) is 11.2 Å². The maximum atomic E-state index is 12.7. The summed E-state index contributed by atoms with van der Waals surface area (Å²) in [6, 6.07) is 21.5. The van der Waals surface area contributed by atoms with Gasteiger partial charge in [-0.25, -0.2) is 0 Å². The van der Waals surface area contributed by atoms with Crippen molar-refractivity contribution >= 4 is 28.6 Å². The molecule has 39 heavy (non-hydrogen) atoms. The summed E-state index contributed by atoms with van der Waals surface area (Å²) in [5, 5.41) is 13.6. The maximum Gasteiger partial charge on any atom is 0.230 e. The normalized spacial score (nSPS) is 10.9. The van der Waals surface area contributed by atoms with Gasteiger partial charge in [0.25, 0.3) is 0 Å². The number of rotatable bonds is 11. The predicted octanol–water partition coefficient (Wildman–Crippen LogP) is 4.89. The minimum Gasteiger partial charge on any atom is -0.497 e. The molecule has 0 aliphatic heterocycles. The number of ether oxygens (including phenoxy) is 3. The number of H-pyrrole nitrogens is 1. The molecule has 2 heterocycles. The van der Waals surface area contributed by atoms with Crippen LogP contribution in [0.2, 0.25) is 0 Å². The zero-order valence-corrected chi connectivity index (χ0v) is 22.7. The van der Waals surface area contributed by atoms with Crippen molar-refractivity contribution in [1.82, 2.24) is 25.1 Å². The molecule has 0 radical (unpaired) electrons. The van der Waals surface area contributed by atoms with Crippen LogP contribution >= 0.6 is 11.8 Å². The lowest BCUT2D eigenvalue weighted by Crippen LogP contribution is -2.27. The molecule has 0 saturated carbocycles. The van der Waals surface area contributed by atoms with Crippen molar-refractivity contribution in [1.29, 1.82) is 0 Å². The molecule has 0 bridgehead atoms. The predicted molar refractivity (Wildman–Crippen MR) is 152 cm³/mol. The summed E-state index contributed by atoms with van der Waals surface area (Å²) >= 11 is 1.34. The lowest BCUT2D eigenvalue weighted by atomic mass is 10.1. The number of thioether (sulfide) groups is 1. The van der Waals surface area contributed by atoms with Crippen LogP contribution in [0, 0.1) is 0 Å². The molecule has 200 valence electrons. The lowest BCUT2D eigenvalue weighted by molar-refractivity contribution is -0.118. The van der Waals surface area contributed by atoms with E-state index in [0.29, 0.717) is 35.4 Å². The quantitative estimate of drug-likeness (QED) is 0.229. The first-order valence-electron chi connectivity index (χ1n) is 12.4. The van der Waals surface area contributed by atoms with Crippen molar-refractivity contribution in [2.75, 3.05) is 33.6 Å². The van der Waals surface area contributed by atoms with Crippen molar-refractivity contribution < 1.29 is 19.0 Å². The molecule has 5 aromatic rings. The summed E-state index contributed by atoms with van der Waals surface area (Å²) in [4.78, 5) is 16.0. The van der Waals surface area contributed by atoms with E-state index in [4.69, 9.17) is 14.2 Å². The average Bonchev–Trinajstić information content (AvgIpc) is 3.60. The third-order valence-electron chi connectivity index (χ3n) is 6.31. The first kappa shape index (κ1) is 26.2. The zero-order valence-electron chi connectivity index (χ0n) is 21.9. The Bertz CT molecular complexity index is 1580. The molecule has 0 atom stereocenters. The van der Waals surface area contributed by atoms with Crippen LogP contribution in [0.4, 0.5) is 0 Å². The van der Waals surface area contributed by atoms with E-state index in [1.165, 1.54) is 11.8 Å². The monoisotopic (exact) mass is 543 g/mol. The van der Waals surface area contributed by atoms with E-state index in [9.17, 15) is 4.79 Å². The number of hydrogen-bond acceptors (Lipinski definition) is 7. The van der Waals surface area contributed by atoms with Crippen molar-refractivity contribution in [3.05, 3.63) is 78.5 Å². The fourth-order valence-corrected chi connectivity index (χ4v) is 5.10. The number of nitrogens with one attached hydrogen (secondary N) is 2. The number of amides is 1. The van der Waals surface area contributed by atoms with E-state index < -0.39 is 0 Å². The molecule has 2 N–H and O–H groups in total. The van der Waals surface area contributed by atoms with E-state index in [1.54, 1.807) is 21.3 Å². The summed E-state index contributed by atoms with van der Waals surface area (Å²) < 4.78 is 18.0. The fraction of sp³-hybridized carbons (Fsp3) is 0.207. The van der Waals surface area contributed by atoms with E-state index in [-0.39, 0.29) is 11.7 Å². The van der Waals surface area contributed by atoms with Crippen LogP contribution in [0.25, 0.3) is 28.0 Å². The van der Waals surface area contributed by atoms with Crippen molar-refractivity contribution in [2.24, 2.45) is 0 Å². The van der Waals surface area contributed by atoms with Gasteiger partial charge in [0.1, 0.15) is 5.75 Å². The highest BCUT2D eigenvalue weighted by Gasteiger charge is 2.20. The molecule has 5 rings (SSSR count). The van der Waals surface area contributed by atoms with Crippen LogP contribution in [-0.4, -0.2) is 59.3 Å². The van der Waals surface area contributed by atoms with E-state index in [1.807, 2.05) is 77.5 Å². The van der Waals surface area contributed by atoms with E-state index >= 15 is 0 Å². The third kappa shape index (κ3) is 5.70. The second-order valence-corrected chi connectivity index (χ2v) is 9.61. The number of para-hydroxylation sites is 1. The second-order valence-electron chi connectivity index (χ2n) is 8.67.